The summed E-state index contributed by atoms with van der Waals surface area (Å²) in [5, 5.41) is 14.2. The molecule has 2 aliphatic rings. The van der Waals surface area contributed by atoms with E-state index in [0.29, 0.717) is 0 Å². The van der Waals surface area contributed by atoms with E-state index in [2.05, 4.69) is 131 Å². The molecule has 2 aliphatic heterocycles. The predicted molar refractivity (Wildman–Crippen MR) is 243 cm³/mol. The highest BCUT2D eigenvalue weighted by molar-refractivity contribution is 6.84. The zero-order valence-electron chi connectivity index (χ0n) is 34.6. The van der Waals surface area contributed by atoms with Crippen LogP contribution < -0.4 is 29.3 Å². The second-order valence-corrected chi connectivity index (χ2v) is 17.0. The zero-order chi connectivity index (χ0) is 37.8. The molecule has 4 nitrogen and oxygen atoms in total. The molecule has 0 bridgehead atoms. The molecular weight excluding hydrogens is 667 g/mol. The molecule has 6 aromatic carbocycles. The van der Waals surface area contributed by atoms with Gasteiger partial charge in [0.25, 0.3) is 0 Å². The summed E-state index contributed by atoms with van der Waals surface area (Å²) in [6.07, 6.45) is 20.1. The third-order valence-corrected chi connectivity index (χ3v) is 13.4. The fraction of sp³-hybridized carbons (Fsp3) is 0.480. The first-order valence-electron chi connectivity index (χ1n) is 22.7. The largest absolute Gasteiger partial charge is 0.756 e. The van der Waals surface area contributed by atoms with Crippen LogP contribution in [0.2, 0.25) is 0 Å². The van der Waals surface area contributed by atoms with E-state index in [1.165, 1.54) is 168 Å². The Morgan fingerprint density at radius 3 is 1.13 bits per heavy atom. The smallest absolute Gasteiger partial charge is 0.392 e. The van der Waals surface area contributed by atoms with Crippen LogP contribution in [-0.4, -0.2) is 32.9 Å². The Kier molecular flexibility index (Phi) is 11.6. The van der Waals surface area contributed by atoms with Crippen molar-refractivity contribution >= 4 is 61.2 Å². The summed E-state index contributed by atoms with van der Waals surface area (Å²) in [5.74, 6) is 0. The van der Waals surface area contributed by atoms with E-state index >= 15 is 0 Å². The summed E-state index contributed by atoms with van der Waals surface area (Å²) in [6.45, 7) is 12.0. The molecule has 0 aromatic heterocycles. The van der Waals surface area contributed by atoms with Crippen LogP contribution in [0.3, 0.4) is 0 Å². The van der Waals surface area contributed by atoms with Crippen LogP contribution in [0.15, 0.2) is 84.9 Å². The maximum atomic E-state index is 3.01. The lowest BCUT2D eigenvalue weighted by Gasteiger charge is -2.53. The number of nitrogens with zero attached hydrogens (tertiary/aromatic N) is 4. The van der Waals surface area contributed by atoms with Gasteiger partial charge in [0.05, 0.1) is 10.8 Å². The Bertz CT molecular complexity index is 2180. The molecule has 0 unspecified atom stereocenters. The van der Waals surface area contributed by atoms with Gasteiger partial charge in [0.2, 0.25) is 0 Å². The van der Waals surface area contributed by atoms with Gasteiger partial charge < -0.3 is 18.6 Å². The molecule has 0 amide bonds. The third-order valence-electron chi connectivity index (χ3n) is 13.4. The SMILES string of the molecule is CCCCCCN1c2ccc3cccc4ccc(c2c34)=[N+](CCCCCC)[B-]12N(CCCCCC)c1ccc3cccc4ccc(c1c34)=[N+]2CCCCCC. The Morgan fingerprint density at radius 2 is 0.745 bits per heavy atom. The lowest BCUT2D eigenvalue weighted by molar-refractivity contribution is 0.545. The second-order valence-electron chi connectivity index (χ2n) is 17.0. The number of rotatable bonds is 20. The summed E-state index contributed by atoms with van der Waals surface area (Å²) < 4.78 is 6.02. The van der Waals surface area contributed by atoms with Crippen LogP contribution in [0.4, 0.5) is 11.4 Å². The van der Waals surface area contributed by atoms with E-state index in [1.54, 1.807) is 0 Å². The van der Waals surface area contributed by atoms with Gasteiger partial charge >= 0.3 is 6.69 Å². The number of hydrogen-bond acceptors (Lipinski definition) is 2. The maximum Gasteiger partial charge on any atom is 0.756 e. The van der Waals surface area contributed by atoms with Crippen LogP contribution in [-0.2, 0) is 0 Å². The van der Waals surface area contributed by atoms with E-state index in [4.69, 9.17) is 0 Å². The molecule has 1 spiro atoms. The minimum Gasteiger partial charge on any atom is -0.392 e. The quantitative estimate of drug-likeness (QED) is 0.0572. The summed E-state index contributed by atoms with van der Waals surface area (Å²) in [7, 11) is 0. The van der Waals surface area contributed by atoms with Gasteiger partial charge in [-0.25, -0.2) is 0 Å². The van der Waals surface area contributed by atoms with Gasteiger partial charge in [-0.3, -0.25) is 0 Å². The lowest BCUT2D eigenvalue weighted by Crippen LogP contribution is -2.87. The highest BCUT2D eigenvalue weighted by atomic mass is 15.5. The Balaban J connectivity index is 1.52. The summed E-state index contributed by atoms with van der Waals surface area (Å²) >= 11 is 0. The predicted octanol–water partition coefficient (Wildman–Crippen LogP) is 11.8. The number of benzene rings is 6. The van der Waals surface area contributed by atoms with Crippen LogP contribution in [0.25, 0.3) is 43.1 Å². The van der Waals surface area contributed by atoms with Crippen LogP contribution in [0, 0.1) is 0 Å². The topological polar surface area (TPSA) is 12.5 Å². The van der Waals surface area contributed by atoms with Crippen molar-refractivity contribution in [1.82, 2.24) is 8.97 Å². The highest BCUT2D eigenvalue weighted by Crippen LogP contribution is 2.42. The van der Waals surface area contributed by atoms with Gasteiger partial charge in [0, 0.05) is 47.1 Å². The van der Waals surface area contributed by atoms with E-state index in [9.17, 15) is 0 Å². The minimum absolute atomic E-state index is 1.06. The maximum absolute atomic E-state index is 3.01. The van der Waals surface area contributed by atoms with Crippen molar-refractivity contribution < 1.29 is 0 Å². The van der Waals surface area contributed by atoms with Gasteiger partial charge in [-0.15, -0.1) is 0 Å². The molecular formula is C50H66BN4+. The van der Waals surface area contributed by atoms with Crippen molar-refractivity contribution in [3.05, 3.63) is 95.6 Å². The molecule has 0 aliphatic carbocycles. The Labute approximate surface area is 330 Å². The molecule has 6 aromatic rings. The normalized spacial score (nSPS) is 14.9. The molecule has 55 heavy (non-hydrogen) atoms. The average molecular weight is 734 g/mol. The molecule has 0 radical (unpaired) electrons. The minimum atomic E-state index is -1.62. The van der Waals surface area contributed by atoms with Gasteiger partial charge in [-0.2, -0.15) is 0 Å². The van der Waals surface area contributed by atoms with Gasteiger partial charge in [0.15, 0.2) is 10.7 Å². The highest BCUT2D eigenvalue weighted by Gasteiger charge is 2.67. The van der Waals surface area contributed by atoms with E-state index in [-0.39, 0.29) is 0 Å². The first kappa shape index (κ1) is 37.8. The average Bonchev–Trinajstić information content (AvgIpc) is 3.21. The zero-order valence-corrected chi connectivity index (χ0v) is 34.6. The van der Waals surface area contributed by atoms with Crippen molar-refractivity contribution in [3.8, 4) is 0 Å². The summed E-state index contributed by atoms with van der Waals surface area (Å²) in [4.78, 5) is 6.02. The van der Waals surface area contributed by atoms with Crippen LogP contribution >= 0.6 is 0 Å². The number of anilines is 2. The molecule has 0 fully saturated rings. The molecule has 2 heterocycles. The summed E-state index contributed by atoms with van der Waals surface area (Å²) in [6, 6.07) is 33.7. The van der Waals surface area contributed by atoms with Gasteiger partial charge in [-0.05, 0) is 84.6 Å². The molecule has 8 rings (SSSR count). The van der Waals surface area contributed by atoms with Crippen molar-refractivity contribution in [3.63, 3.8) is 0 Å². The molecule has 0 saturated carbocycles. The first-order chi connectivity index (χ1) is 27.2. The van der Waals surface area contributed by atoms with Crippen LogP contribution in [0.1, 0.15) is 130 Å². The molecule has 0 atom stereocenters. The standard InChI is InChI=1S/C50H66BN4/c1-5-9-13-17-35-52-43-31-27-39-23-21-24-40-28-32-44(49(43)47(39)40)53(36-18-14-10-6-2)51(52)54(37-19-15-11-7-3)45-33-29-41-25-22-26-42-30-34-46(50(45)48(41)42)55(51)38-20-16-12-8-4/h21-34H,5-20,35-38H2,1-4H3/q+1. The number of unbranched alkanes of at least 4 members (excludes halogenated alkanes) is 12. The van der Waals surface area contributed by atoms with E-state index in [0.717, 1.165) is 26.2 Å². The lowest BCUT2D eigenvalue weighted by atomic mass is 9.61. The van der Waals surface area contributed by atoms with Gasteiger partial charge in [0.1, 0.15) is 13.1 Å². The van der Waals surface area contributed by atoms with Crippen molar-refractivity contribution in [2.45, 2.75) is 130 Å². The molecule has 0 saturated heterocycles. The van der Waals surface area contributed by atoms with Crippen molar-refractivity contribution in [2.75, 3.05) is 35.8 Å². The third kappa shape index (κ3) is 6.58. The molecule has 0 N–H and O–H groups in total. The Hall–Kier alpha value is -4.12. The number of hydrogen-bond donors (Lipinski definition) is 0. The second kappa shape index (κ2) is 16.9. The van der Waals surface area contributed by atoms with Crippen molar-refractivity contribution in [2.24, 2.45) is 0 Å². The fourth-order valence-corrected chi connectivity index (χ4v) is 10.8. The Morgan fingerprint density at radius 1 is 0.382 bits per heavy atom. The first-order valence-corrected chi connectivity index (χ1v) is 22.7. The van der Waals surface area contributed by atoms with Gasteiger partial charge in [-0.1, -0.05) is 140 Å². The molecule has 288 valence electrons. The van der Waals surface area contributed by atoms with E-state index < -0.39 is 6.69 Å². The summed E-state index contributed by atoms with van der Waals surface area (Å²) in [5.41, 5.74) is 2.89. The van der Waals surface area contributed by atoms with E-state index in [1.807, 2.05) is 0 Å². The van der Waals surface area contributed by atoms with Crippen LogP contribution in [0.5, 0.6) is 0 Å². The fourth-order valence-electron chi connectivity index (χ4n) is 10.8. The molecule has 5 heteroatoms. The monoisotopic (exact) mass is 734 g/mol. The van der Waals surface area contributed by atoms with Crippen molar-refractivity contribution in [1.29, 1.82) is 0 Å².